The lowest BCUT2D eigenvalue weighted by Crippen LogP contribution is -2.37. The van der Waals surface area contributed by atoms with Crippen LogP contribution >= 0.6 is 23.2 Å². The lowest BCUT2D eigenvalue weighted by Gasteiger charge is -2.31. The third kappa shape index (κ3) is 6.76. The number of hydrogen-bond donors (Lipinski definition) is 2. The Balaban J connectivity index is 1.31. The zero-order valence-electron chi connectivity index (χ0n) is 19.3. The van der Waals surface area contributed by atoms with Crippen molar-refractivity contribution in [3.8, 4) is 0 Å². The second kappa shape index (κ2) is 11.0. The lowest BCUT2D eigenvalue weighted by molar-refractivity contribution is -0.121. The summed E-state index contributed by atoms with van der Waals surface area (Å²) in [7, 11) is -3.79. The molecule has 3 aromatic carbocycles. The first-order valence-corrected chi connectivity index (χ1v) is 13.6. The quantitative estimate of drug-likeness (QED) is 0.394. The molecule has 35 heavy (non-hydrogen) atoms. The van der Waals surface area contributed by atoms with Crippen LogP contribution in [0.3, 0.4) is 0 Å². The summed E-state index contributed by atoms with van der Waals surface area (Å²) >= 11 is 11.9. The van der Waals surface area contributed by atoms with E-state index in [1.54, 1.807) is 37.3 Å². The molecule has 0 atom stereocenters. The Morgan fingerprint density at radius 2 is 1.57 bits per heavy atom. The number of aryl methyl sites for hydroxylation is 1. The monoisotopic (exact) mass is 531 g/mol. The van der Waals surface area contributed by atoms with E-state index in [1.165, 1.54) is 17.7 Å². The molecule has 1 aliphatic heterocycles. The second-order valence-electron chi connectivity index (χ2n) is 8.76. The van der Waals surface area contributed by atoms with Gasteiger partial charge in [-0.3, -0.25) is 14.4 Å². The average Bonchev–Trinajstić information content (AvgIpc) is 2.83. The standard InChI is InChI=1S/C26H27Cl2N3O3S/c1-18-2-5-22(28)16-25(18)30-35(33,34)24-10-8-23(9-11-24)29-26(32)20-12-14-31(15-13-20)17-19-3-6-21(27)7-4-19/h2-11,16,20,30H,12-15,17H2,1H3,(H,29,32). The number of sulfonamides is 1. The van der Waals surface area contributed by atoms with Crippen molar-refractivity contribution < 1.29 is 13.2 Å². The minimum absolute atomic E-state index is 0.0422. The number of piperidine rings is 1. The molecule has 1 heterocycles. The van der Waals surface area contributed by atoms with Gasteiger partial charge in [-0.15, -0.1) is 0 Å². The highest BCUT2D eigenvalue weighted by Gasteiger charge is 2.25. The fourth-order valence-electron chi connectivity index (χ4n) is 4.07. The summed E-state index contributed by atoms with van der Waals surface area (Å²) in [6.07, 6.45) is 1.55. The first-order chi connectivity index (χ1) is 16.7. The van der Waals surface area contributed by atoms with Crippen LogP contribution < -0.4 is 10.0 Å². The van der Waals surface area contributed by atoms with Crippen molar-refractivity contribution in [1.29, 1.82) is 0 Å². The maximum atomic E-state index is 12.8. The summed E-state index contributed by atoms with van der Waals surface area (Å²) in [6, 6.07) is 19.0. The lowest BCUT2D eigenvalue weighted by atomic mass is 9.95. The van der Waals surface area contributed by atoms with Crippen molar-refractivity contribution in [3.63, 3.8) is 0 Å². The van der Waals surface area contributed by atoms with Crippen LogP contribution in [0.1, 0.15) is 24.0 Å². The Bertz CT molecular complexity index is 1290. The number of hydrogen-bond acceptors (Lipinski definition) is 4. The van der Waals surface area contributed by atoms with Crippen LogP contribution in [0.2, 0.25) is 10.0 Å². The average molecular weight is 532 g/mol. The van der Waals surface area contributed by atoms with Gasteiger partial charge in [-0.1, -0.05) is 41.4 Å². The Morgan fingerprint density at radius 1 is 0.943 bits per heavy atom. The number of carbonyl (C=O) groups excluding carboxylic acids is 1. The predicted molar refractivity (Wildman–Crippen MR) is 142 cm³/mol. The molecule has 1 amide bonds. The second-order valence-corrected chi connectivity index (χ2v) is 11.3. The van der Waals surface area contributed by atoms with Gasteiger partial charge in [0.25, 0.3) is 10.0 Å². The highest BCUT2D eigenvalue weighted by Crippen LogP contribution is 2.25. The number of anilines is 2. The van der Waals surface area contributed by atoms with E-state index in [4.69, 9.17) is 23.2 Å². The van der Waals surface area contributed by atoms with Crippen molar-refractivity contribution in [2.24, 2.45) is 5.92 Å². The molecule has 3 aromatic rings. The minimum Gasteiger partial charge on any atom is -0.326 e. The zero-order valence-corrected chi connectivity index (χ0v) is 21.6. The fourth-order valence-corrected chi connectivity index (χ4v) is 5.49. The predicted octanol–water partition coefficient (Wildman–Crippen LogP) is 5.95. The van der Waals surface area contributed by atoms with Crippen LogP contribution in [0.15, 0.2) is 71.6 Å². The maximum Gasteiger partial charge on any atom is 0.261 e. The van der Waals surface area contributed by atoms with Crippen molar-refractivity contribution in [2.75, 3.05) is 23.1 Å². The van der Waals surface area contributed by atoms with Crippen LogP contribution in [0, 0.1) is 12.8 Å². The Hall–Kier alpha value is -2.58. The van der Waals surface area contributed by atoms with Gasteiger partial charge in [0.2, 0.25) is 5.91 Å². The number of rotatable bonds is 7. The molecule has 4 rings (SSSR count). The molecule has 6 nitrogen and oxygen atoms in total. The summed E-state index contributed by atoms with van der Waals surface area (Å²) < 4.78 is 28.1. The number of likely N-dealkylation sites (tertiary alicyclic amines) is 1. The molecule has 184 valence electrons. The van der Waals surface area contributed by atoms with E-state index in [9.17, 15) is 13.2 Å². The molecule has 1 fully saturated rings. The van der Waals surface area contributed by atoms with Crippen molar-refractivity contribution in [3.05, 3.63) is 87.9 Å². The van der Waals surface area contributed by atoms with Crippen LogP contribution in [-0.2, 0) is 21.4 Å². The molecule has 0 radical (unpaired) electrons. The minimum atomic E-state index is -3.79. The number of halogens is 2. The smallest absolute Gasteiger partial charge is 0.261 e. The Morgan fingerprint density at radius 3 is 2.23 bits per heavy atom. The number of benzene rings is 3. The molecule has 0 unspecified atom stereocenters. The summed E-state index contributed by atoms with van der Waals surface area (Å²) in [4.78, 5) is 15.2. The third-order valence-corrected chi connectivity index (χ3v) is 8.02. The first kappa shape index (κ1) is 25.5. The largest absolute Gasteiger partial charge is 0.326 e. The summed E-state index contributed by atoms with van der Waals surface area (Å²) in [6.45, 7) is 4.32. The van der Waals surface area contributed by atoms with E-state index in [2.05, 4.69) is 14.9 Å². The van der Waals surface area contributed by atoms with E-state index in [0.29, 0.717) is 16.4 Å². The molecule has 2 N–H and O–H groups in total. The molecule has 0 spiro atoms. The summed E-state index contributed by atoms with van der Waals surface area (Å²) in [5.41, 5.74) is 2.96. The van der Waals surface area contributed by atoms with Crippen molar-refractivity contribution in [2.45, 2.75) is 31.2 Å². The van der Waals surface area contributed by atoms with Crippen LogP contribution in [0.5, 0.6) is 0 Å². The normalized spacial score (nSPS) is 15.1. The van der Waals surface area contributed by atoms with Gasteiger partial charge in [0.05, 0.1) is 10.6 Å². The molecule has 0 aliphatic carbocycles. The van der Waals surface area contributed by atoms with Crippen molar-refractivity contribution >= 4 is 50.5 Å². The van der Waals surface area contributed by atoms with E-state index < -0.39 is 10.0 Å². The highest BCUT2D eigenvalue weighted by molar-refractivity contribution is 7.92. The maximum absolute atomic E-state index is 12.8. The fraction of sp³-hybridized carbons (Fsp3) is 0.269. The van der Waals surface area contributed by atoms with Crippen LogP contribution in [0.25, 0.3) is 0 Å². The summed E-state index contributed by atoms with van der Waals surface area (Å²) in [5, 5.41) is 4.09. The van der Waals surface area contributed by atoms with Gasteiger partial charge in [-0.25, -0.2) is 8.42 Å². The number of nitrogens with zero attached hydrogens (tertiary/aromatic N) is 1. The van der Waals surface area contributed by atoms with Crippen molar-refractivity contribution in [1.82, 2.24) is 4.90 Å². The van der Waals surface area contributed by atoms with Gasteiger partial charge in [-0.2, -0.15) is 0 Å². The molecule has 0 aromatic heterocycles. The van der Waals surface area contributed by atoms with Crippen LogP contribution in [-0.4, -0.2) is 32.3 Å². The number of carbonyl (C=O) groups is 1. The van der Waals surface area contributed by atoms with Gasteiger partial charge in [0, 0.05) is 28.2 Å². The summed E-state index contributed by atoms with van der Waals surface area (Å²) in [5.74, 6) is -0.119. The van der Waals surface area contributed by atoms with Gasteiger partial charge in [0.15, 0.2) is 0 Å². The highest BCUT2D eigenvalue weighted by atomic mass is 35.5. The van der Waals surface area contributed by atoms with Gasteiger partial charge in [-0.05, 0) is 92.5 Å². The molecule has 9 heteroatoms. The molecular formula is C26H27Cl2N3O3S. The van der Waals surface area contributed by atoms with E-state index in [-0.39, 0.29) is 16.7 Å². The van der Waals surface area contributed by atoms with Gasteiger partial charge < -0.3 is 5.32 Å². The van der Waals surface area contributed by atoms with Crippen LogP contribution in [0.4, 0.5) is 11.4 Å². The SMILES string of the molecule is Cc1ccc(Cl)cc1NS(=O)(=O)c1ccc(NC(=O)C2CCN(Cc3ccc(Cl)cc3)CC2)cc1. The molecular weight excluding hydrogens is 505 g/mol. The molecule has 0 saturated carbocycles. The van der Waals surface area contributed by atoms with E-state index >= 15 is 0 Å². The van der Waals surface area contributed by atoms with E-state index in [1.807, 2.05) is 24.3 Å². The first-order valence-electron chi connectivity index (χ1n) is 11.4. The number of amides is 1. The zero-order chi connectivity index (χ0) is 25.0. The molecule has 0 bridgehead atoms. The molecule has 1 aliphatic rings. The topological polar surface area (TPSA) is 78.5 Å². The van der Waals surface area contributed by atoms with Gasteiger partial charge >= 0.3 is 0 Å². The Labute approximate surface area is 216 Å². The Kier molecular flexibility index (Phi) is 8.02. The van der Waals surface area contributed by atoms with Gasteiger partial charge in [0.1, 0.15) is 0 Å². The number of nitrogens with one attached hydrogen (secondary N) is 2. The molecule has 1 saturated heterocycles. The van der Waals surface area contributed by atoms with E-state index in [0.717, 1.165) is 43.1 Å². The third-order valence-electron chi connectivity index (χ3n) is 6.15.